The van der Waals surface area contributed by atoms with Crippen LogP contribution in [0.5, 0.6) is 0 Å². The maximum Gasteiger partial charge on any atom is 0.417 e. The van der Waals surface area contributed by atoms with E-state index < -0.39 is 17.9 Å². The van der Waals surface area contributed by atoms with Gasteiger partial charge in [0.1, 0.15) is 12.0 Å². The van der Waals surface area contributed by atoms with E-state index in [0.717, 1.165) is 25.1 Å². The Hall–Kier alpha value is -1.33. The lowest BCUT2D eigenvalue weighted by molar-refractivity contribution is -0.137. The van der Waals surface area contributed by atoms with E-state index in [0.29, 0.717) is 18.3 Å². The maximum absolute atomic E-state index is 14.2. The average Bonchev–Trinajstić information content (AvgIpc) is 3.24. The monoisotopic (exact) mass is 302 g/mol. The third-order valence-corrected chi connectivity index (χ3v) is 4.41. The molecular formula is C15H18F4N2. The fraction of sp³-hybridized carbons (Fsp3) is 0.667. The Morgan fingerprint density at radius 3 is 2.48 bits per heavy atom. The number of hydrogen-bond donors (Lipinski definition) is 0. The molecule has 1 saturated heterocycles. The van der Waals surface area contributed by atoms with E-state index in [-0.39, 0.29) is 12.5 Å². The number of halogens is 4. The van der Waals surface area contributed by atoms with Gasteiger partial charge in [0.15, 0.2) is 0 Å². The van der Waals surface area contributed by atoms with Crippen molar-refractivity contribution >= 4 is 5.82 Å². The molecule has 6 heteroatoms. The third-order valence-electron chi connectivity index (χ3n) is 4.41. The van der Waals surface area contributed by atoms with E-state index in [1.54, 1.807) is 4.90 Å². The van der Waals surface area contributed by atoms with Crippen LogP contribution in [-0.4, -0.2) is 24.2 Å². The van der Waals surface area contributed by atoms with Crippen LogP contribution in [0.2, 0.25) is 0 Å². The van der Waals surface area contributed by atoms with Crippen molar-refractivity contribution in [3.05, 3.63) is 23.9 Å². The second-order valence-electron chi connectivity index (χ2n) is 6.09. The smallest absolute Gasteiger partial charge is 0.354 e. The quantitative estimate of drug-likeness (QED) is 0.783. The minimum atomic E-state index is -4.38. The van der Waals surface area contributed by atoms with E-state index in [2.05, 4.69) is 4.98 Å². The van der Waals surface area contributed by atoms with Crippen molar-refractivity contribution in [2.45, 2.75) is 38.0 Å². The number of alkyl halides is 4. The fourth-order valence-electron chi connectivity index (χ4n) is 2.95. The summed E-state index contributed by atoms with van der Waals surface area (Å²) >= 11 is 0. The highest BCUT2D eigenvalue weighted by molar-refractivity contribution is 5.40. The molecule has 1 aromatic rings. The molecule has 0 spiro atoms. The molecule has 0 amide bonds. The van der Waals surface area contributed by atoms with Crippen molar-refractivity contribution in [3.8, 4) is 0 Å². The van der Waals surface area contributed by atoms with Gasteiger partial charge in [0.05, 0.1) is 12.1 Å². The van der Waals surface area contributed by atoms with Gasteiger partial charge >= 0.3 is 6.18 Å². The molecule has 0 aromatic carbocycles. The topological polar surface area (TPSA) is 16.1 Å². The second-order valence-corrected chi connectivity index (χ2v) is 6.09. The fourth-order valence-corrected chi connectivity index (χ4v) is 2.95. The summed E-state index contributed by atoms with van der Waals surface area (Å²) in [6, 6.07) is 2.34. The predicted molar refractivity (Wildman–Crippen MR) is 71.8 cm³/mol. The first-order chi connectivity index (χ1) is 9.93. The van der Waals surface area contributed by atoms with Crippen LogP contribution >= 0.6 is 0 Å². The van der Waals surface area contributed by atoms with E-state index in [9.17, 15) is 17.6 Å². The van der Waals surface area contributed by atoms with Gasteiger partial charge in [-0.25, -0.2) is 9.37 Å². The number of anilines is 1. The van der Waals surface area contributed by atoms with Crippen LogP contribution in [0.15, 0.2) is 18.3 Å². The molecule has 0 bridgehead atoms. The molecule has 2 aliphatic rings. The van der Waals surface area contributed by atoms with Crippen molar-refractivity contribution in [2.24, 2.45) is 11.8 Å². The van der Waals surface area contributed by atoms with E-state index in [1.165, 1.54) is 18.9 Å². The first-order valence-electron chi connectivity index (χ1n) is 7.36. The molecule has 1 saturated carbocycles. The Morgan fingerprint density at radius 1 is 1.19 bits per heavy atom. The molecule has 2 fully saturated rings. The molecule has 2 nitrogen and oxygen atoms in total. The zero-order valence-electron chi connectivity index (χ0n) is 11.6. The van der Waals surface area contributed by atoms with Gasteiger partial charge in [-0.1, -0.05) is 12.8 Å². The van der Waals surface area contributed by atoms with Gasteiger partial charge < -0.3 is 4.90 Å². The van der Waals surface area contributed by atoms with Gasteiger partial charge in [-0.05, 0) is 36.8 Å². The van der Waals surface area contributed by atoms with Gasteiger partial charge in [-0.2, -0.15) is 13.2 Å². The zero-order chi connectivity index (χ0) is 15.0. The highest BCUT2D eigenvalue weighted by Gasteiger charge is 2.35. The number of nitrogens with zero attached hydrogens (tertiary/aromatic N) is 2. The summed E-state index contributed by atoms with van der Waals surface area (Å²) < 4.78 is 51.7. The van der Waals surface area contributed by atoms with E-state index >= 15 is 0 Å². The lowest BCUT2D eigenvalue weighted by Crippen LogP contribution is -2.42. The first-order valence-corrected chi connectivity index (χ1v) is 7.36. The van der Waals surface area contributed by atoms with Gasteiger partial charge in [0.25, 0.3) is 0 Å². The lowest BCUT2D eigenvalue weighted by Gasteiger charge is -2.35. The third kappa shape index (κ3) is 3.47. The summed E-state index contributed by atoms with van der Waals surface area (Å²) in [6.07, 6.45) is -0.343. The number of piperidine rings is 1. The summed E-state index contributed by atoms with van der Waals surface area (Å²) in [5.74, 6) is 1.22. The van der Waals surface area contributed by atoms with Crippen molar-refractivity contribution in [1.29, 1.82) is 0 Å². The average molecular weight is 302 g/mol. The van der Waals surface area contributed by atoms with Crippen LogP contribution in [0.3, 0.4) is 0 Å². The number of pyridine rings is 1. The summed E-state index contributed by atoms with van der Waals surface area (Å²) in [5.41, 5.74) is -0.772. The number of rotatable bonds is 3. The lowest BCUT2D eigenvalue weighted by atomic mass is 9.90. The van der Waals surface area contributed by atoms with Crippen LogP contribution in [0.1, 0.15) is 31.2 Å². The highest BCUT2D eigenvalue weighted by Crippen LogP contribution is 2.39. The van der Waals surface area contributed by atoms with Gasteiger partial charge in [-0.3, -0.25) is 0 Å². The maximum atomic E-state index is 14.2. The minimum absolute atomic E-state index is 0.100. The SMILES string of the molecule is F[C@@H]1CN(c2ccc(C(F)(F)F)cn2)CC[C@@H]1CC1CC1. The molecule has 0 radical (unpaired) electrons. The largest absolute Gasteiger partial charge is 0.417 e. The molecule has 3 rings (SSSR count). The standard InChI is InChI=1S/C15H18F4N2/c16-13-9-21(6-5-11(13)7-10-1-2-10)14-4-3-12(8-20-14)15(17,18)19/h3-4,8,10-11,13H,1-2,5-7,9H2/t11-,13-/m1/s1. The Morgan fingerprint density at radius 2 is 1.95 bits per heavy atom. The summed E-state index contributed by atoms with van der Waals surface area (Å²) in [7, 11) is 0. The Balaban J connectivity index is 1.62. The Labute approximate surface area is 121 Å². The molecule has 21 heavy (non-hydrogen) atoms. The predicted octanol–water partition coefficient (Wildman–Crippen LogP) is 4.06. The molecule has 1 aliphatic carbocycles. The molecule has 2 heterocycles. The summed E-state index contributed by atoms with van der Waals surface area (Å²) in [4.78, 5) is 5.59. The van der Waals surface area contributed by atoms with E-state index in [1.807, 2.05) is 0 Å². The van der Waals surface area contributed by atoms with Crippen molar-refractivity contribution in [1.82, 2.24) is 4.98 Å². The molecule has 1 aromatic heterocycles. The van der Waals surface area contributed by atoms with Crippen LogP contribution < -0.4 is 4.90 Å². The number of aromatic nitrogens is 1. The highest BCUT2D eigenvalue weighted by atomic mass is 19.4. The van der Waals surface area contributed by atoms with E-state index in [4.69, 9.17) is 0 Å². The van der Waals surface area contributed by atoms with Gasteiger partial charge in [0, 0.05) is 12.7 Å². The molecular weight excluding hydrogens is 284 g/mol. The summed E-state index contributed by atoms with van der Waals surface area (Å²) in [5, 5.41) is 0. The Kier molecular flexibility index (Phi) is 3.80. The molecule has 1 aliphatic heterocycles. The first kappa shape index (κ1) is 14.6. The van der Waals surface area contributed by atoms with Gasteiger partial charge in [-0.15, -0.1) is 0 Å². The normalized spacial score (nSPS) is 27.0. The molecule has 0 unspecified atom stereocenters. The number of hydrogen-bond acceptors (Lipinski definition) is 2. The Bertz CT molecular complexity index is 481. The van der Waals surface area contributed by atoms with Gasteiger partial charge in [0.2, 0.25) is 0 Å². The van der Waals surface area contributed by atoms with Crippen molar-refractivity contribution in [2.75, 3.05) is 18.0 Å². The van der Waals surface area contributed by atoms with Crippen molar-refractivity contribution in [3.63, 3.8) is 0 Å². The van der Waals surface area contributed by atoms with Crippen LogP contribution in [0.25, 0.3) is 0 Å². The van der Waals surface area contributed by atoms with Crippen LogP contribution in [0.4, 0.5) is 23.4 Å². The second kappa shape index (κ2) is 5.46. The molecule has 116 valence electrons. The summed E-state index contributed by atoms with van der Waals surface area (Å²) in [6.45, 7) is 0.895. The minimum Gasteiger partial charge on any atom is -0.354 e. The molecule has 0 N–H and O–H groups in total. The van der Waals surface area contributed by atoms with Crippen LogP contribution in [-0.2, 0) is 6.18 Å². The van der Waals surface area contributed by atoms with Crippen molar-refractivity contribution < 1.29 is 17.6 Å². The molecule has 2 atom stereocenters. The zero-order valence-corrected chi connectivity index (χ0v) is 11.6. The van der Waals surface area contributed by atoms with Crippen LogP contribution in [0, 0.1) is 11.8 Å².